The van der Waals surface area contributed by atoms with Gasteiger partial charge >= 0.3 is 0 Å². The van der Waals surface area contributed by atoms with E-state index in [1.165, 1.54) is 29.2 Å². The number of ether oxygens (including phenoxy) is 2. The molecule has 25 heavy (non-hydrogen) atoms. The van der Waals surface area contributed by atoms with Gasteiger partial charge in [0.05, 0.1) is 19.8 Å². The van der Waals surface area contributed by atoms with Gasteiger partial charge in [-0.15, -0.1) is 0 Å². The highest BCUT2D eigenvalue weighted by Gasteiger charge is 2.21. The highest BCUT2D eigenvalue weighted by Crippen LogP contribution is 2.28. The Hall–Kier alpha value is -1.62. The van der Waals surface area contributed by atoms with E-state index in [1.54, 1.807) is 7.11 Å². The Morgan fingerprint density at radius 3 is 2.72 bits per heavy atom. The smallest absolute Gasteiger partial charge is 0.119 e. The predicted molar refractivity (Wildman–Crippen MR) is 101 cm³/mol. The van der Waals surface area contributed by atoms with Crippen LogP contribution >= 0.6 is 0 Å². The third-order valence-corrected chi connectivity index (χ3v) is 4.98. The maximum absolute atomic E-state index is 8.85. The van der Waals surface area contributed by atoms with Crippen LogP contribution in [0.1, 0.15) is 37.4 Å². The van der Waals surface area contributed by atoms with Crippen molar-refractivity contribution in [3.05, 3.63) is 42.0 Å². The van der Waals surface area contributed by atoms with Crippen molar-refractivity contribution >= 4 is 10.8 Å². The number of hydrogen-bond acceptors (Lipinski definition) is 4. The number of benzene rings is 2. The zero-order chi connectivity index (χ0) is 17.5. The summed E-state index contributed by atoms with van der Waals surface area (Å²) in [5.74, 6) is 0.890. The lowest BCUT2D eigenvalue weighted by molar-refractivity contribution is -0.0303. The molecule has 1 fully saturated rings. The van der Waals surface area contributed by atoms with Gasteiger partial charge in [-0.05, 0) is 53.9 Å². The summed E-state index contributed by atoms with van der Waals surface area (Å²) in [7, 11) is 1.70. The van der Waals surface area contributed by atoms with Gasteiger partial charge in [0.25, 0.3) is 0 Å². The normalized spacial score (nSPS) is 18.6. The fourth-order valence-electron chi connectivity index (χ4n) is 3.48. The summed E-state index contributed by atoms with van der Waals surface area (Å²) in [5, 5.41) is 11.3. The van der Waals surface area contributed by atoms with E-state index >= 15 is 0 Å². The molecule has 2 aromatic carbocycles. The summed E-state index contributed by atoms with van der Waals surface area (Å²) >= 11 is 0. The molecule has 0 aromatic heterocycles. The van der Waals surface area contributed by atoms with Crippen LogP contribution in [0.3, 0.4) is 0 Å². The maximum Gasteiger partial charge on any atom is 0.119 e. The van der Waals surface area contributed by atoms with Crippen LogP contribution in [-0.2, 0) is 4.74 Å². The minimum Gasteiger partial charge on any atom is -0.497 e. The second-order valence-electron chi connectivity index (χ2n) is 6.77. The van der Waals surface area contributed by atoms with Gasteiger partial charge in [0.2, 0.25) is 0 Å². The van der Waals surface area contributed by atoms with Crippen molar-refractivity contribution in [2.45, 2.75) is 31.8 Å². The Kier molecular flexibility index (Phi) is 6.68. The number of aliphatic hydroxyl groups excluding tert-OH is 1. The molecule has 0 radical (unpaired) electrons. The van der Waals surface area contributed by atoms with E-state index in [1.807, 2.05) is 6.07 Å². The molecule has 4 nitrogen and oxygen atoms in total. The first-order valence-corrected chi connectivity index (χ1v) is 9.32. The molecule has 136 valence electrons. The molecule has 1 N–H and O–H groups in total. The van der Waals surface area contributed by atoms with E-state index in [4.69, 9.17) is 14.6 Å². The number of unbranched alkanes of at least 4 members (excludes halogenated alkanes) is 3. The zero-order valence-electron chi connectivity index (χ0n) is 15.1. The summed E-state index contributed by atoms with van der Waals surface area (Å²) in [4.78, 5) is 2.51. The number of methoxy groups -OCH3 is 1. The van der Waals surface area contributed by atoms with Crippen LogP contribution in [-0.4, -0.2) is 50.0 Å². The number of hydrogen-bond donors (Lipinski definition) is 1. The van der Waals surface area contributed by atoms with Gasteiger partial charge in [0.15, 0.2) is 0 Å². The van der Waals surface area contributed by atoms with E-state index in [-0.39, 0.29) is 6.10 Å². The molecule has 4 heteroatoms. The van der Waals surface area contributed by atoms with Gasteiger partial charge in [-0.25, -0.2) is 0 Å². The summed E-state index contributed by atoms with van der Waals surface area (Å²) < 4.78 is 11.3. The number of rotatable bonds is 8. The monoisotopic (exact) mass is 343 g/mol. The summed E-state index contributed by atoms with van der Waals surface area (Å²) in [6, 6.07) is 12.8. The molecular weight excluding hydrogens is 314 g/mol. The van der Waals surface area contributed by atoms with Gasteiger partial charge < -0.3 is 14.6 Å². The van der Waals surface area contributed by atoms with E-state index in [2.05, 4.69) is 35.2 Å². The Bertz CT molecular complexity index is 673. The van der Waals surface area contributed by atoms with Gasteiger partial charge in [-0.3, -0.25) is 4.90 Å². The van der Waals surface area contributed by atoms with E-state index in [9.17, 15) is 0 Å². The SMILES string of the molecule is COc1ccc2cc(C3CN(CCCCCCO)CCO3)ccc2c1. The molecule has 0 aliphatic carbocycles. The van der Waals surface area contributed by atoms with Crippen LogP contribution in [0.4, 0.5) is 0 Å². The van der Waals surface area contributed by atoms with Crippen LogP contribution in [0.25, 0.3) is 10.8 Å². The van der Waals surface area contributed by atoms with E-state index in [0.29, 0.717) is 6.61 Å². The second kappa shape index (κ2) is 9.18. The topological polar surface area (TPSA) is 41.9 Å². The van der Waals surface area contributed by atoms with Crippen molar-refractivity contribution in [1.82, 2.24) is 4.90 Å². The van der Waals surface area contributed by atoms with Crippen LogP contribution in [0.2, 0.25) is 0 Å². The van der Waals surface area contributed by atoms with Crippen molar-refractivity contribution in [2.24, 2.45) is 0 Å². The quantitative estimate of drug-likeness (QED) is 0.741. The Labute approximate surface area is 150 Å². The Balaban J connectivity index is 1.60. The number of morpholine rings is 1. The van der Waals surface area contributed by atoms with Crippen molar-refractivity contribution in [2.75, 3.05) is 40.0 Å². The minimum absolute atomic E-state index is 0.151. The lowest BCUT2D eigenvalue weighted by atomic mass is 10.0. The number of nitrogens with zero attached hydrogens (tertiary/aromatic N) is 1. The van der Waals surface area contributed by atoms with Crippen molar-refractivity contribution < 1.29 is 14.6 Å². The average molecular weight is 343 g/mol. The molecular formula is C21H29NO3. The molecule has 0 spiro atoms. The molecule has 3 rings (SSSR count). The number of aliphatic hydroxyl groups is 1. The van der Waals surface area contributed by atoms with Gasteiger partial charge in [-0.1, -0.05) is 31.0 Å². The first-order chi connectivity index (χ1) is 12.3. The predicted octanol–water partition coefficient (Wildman–Crippen LogP) is 3.77. The molecule has 0 amide bonds. The lowest BCUT2D eigenvalue weighted by Gasteiger charge is -2.33. The molecule has 2 aromatic rings. The molecule has 0 saturated carbocycles. The molecule has 0 bridgehead atoms. The molecule has 1 aliphatic rings. The maximum atomic E-state index is 8.85. The van der Waals surface area contributed by atoms with E-state index in [0.717, 1.165) is 44.8 Å². The molecule has 1 atom stereocenters. The zero-order valence-corrected chi connectivity index (χ0v) is 15.1. The first kappa shape index (κ1) is 18.2. The van der Waals surface area contributed by atoms with Gasteiger partial charge in [0.1, 0.15) is 5.75 Å². The van der Waals surface area contributed by atoms with Crippen LogP contribution in [0.15, 0.2) is 36.4 Å². The van der Waals surface area contributed by atoms with Gasteiger partial charge in [-0.2, -0.15) is 0 Å². The first-order valence-electron chi connectivity index (χ1n) is 9.32. The largest absolute Gasteiger partial charge is 0.497 e. The summed E-state index contributed by atoms with van der Waals surface area (Å²) in [6.07, 6.45) is 4.59. The van der Waals surface area contributed by atoms with E-state index < -0.39 is 0 Å². The Morgan fingerprint density at radius 2 is 1.88 bits per heavy atom. The molecule has 1 aliphatic heterocycles. The summed E-state index contributed by atoms with van der Waals surface area (Å²) in [5.41, 5.74) is 1.25. The third kappa shape index (κ3) is 4.94. The van der Waals surface area contributed by atoms with Crippen LogP contribution in [0, 0.1) is 0 Å². The second-order valence-corrected chi connectivity index (χ2v) is 6.77. The molecule has 1 unspecified atom stereocenters. The number of fused-ring (bicyclic) bond motifs is 1. The molecule has 1 saturated heterocycles. The van der Waals surface area contributed by atoms with Crippen molar-refractivity contribution in [1.29, 1.82) is 0 Å². The lowest BCUT2D eigenvalue weighted by Crippen LogP contribution is -2.38. The summed E-state index contributed by atoms with van der Waals surface area (Å²) in [6.45, 7) is 4.20. The highest BCUT2D eigenvalue weighted by atomic mass is 16.5. The fourth-order valence-corrected chi connectivity index (χ4v) is 3.48. The van der Waals surface area contributed by atoms with Crippen LogP contribution < -0.4 is 4.74 Å². The standard InChI is InChI=1S/C21H29NO3/c1-24-20-9-8-17-14-19(7-6-18(17)15-20)21-16-22(11-13-25-21)10-4-2-3-5-12-23/h6-9,14-15,21,23H,2-5,10-13,16H2,1H3. The van der Waals surface area contributed by atoms with Crippen molar-refractivity contribution in [3.8, 4) is 5.75 Å². The highest BCUT2D eigenvalue weighted by molar-refractivity contribution is 5.84. The fraction of sp³-hybridized carbons (Fsp3) is 0.524. The average Bonchev–Trinajstić information content (AvgIpc) is 2.67. The third-order valence-electron chi connectivity index (χ3n) is 4.98. The molecule has 1 heterocycles. The van der Waals surface area contributed by atoms with Crippen molar-refractivity contribution in [3.63, 3.8) is 0 Å². The minimum atomic E-state index is 0.151. The van der Waals surface area contributed by atoms with Crippen LogP contribution in [0.5, 0.6) is 5.75 Å². The van der Waals surface area contributed by atoms with Gasteiger partial charge in [0, 0.05) is 19.7 Å². The Morgan fingerprint density at radius 1 is 1.08 bits per heavy atom.